The Balaban J connectivity index is 2.72. The summed E-state index contributed by atoms with van der Waals surface area (Å²) in [5.74, 6) is -1.02. The summed E-state index contributed by atoms with van der Waals surface area (Å²) in [5.41, 5.74) is 0. The van der Waals surface area contributed by atoms with Crippen molar-refractivity contribution in [1.29, 1.82) is 0 Å². The van der Waals surface area contributed by atoms with Gasteiger partial charge in [-0.15, -0.1) is 10.2 Å². The molecular weight excluding hydrogens is 202 g/mol. The standard InChI is InChI=1S/C5H4ClN3O2S/c1-2(10)7-3(11)4-8-9-5(6)12-4/h1H3,(H,7,10,11). The molecule has 0 saturated heterocycles. The van der Waals surface area contributed by atoms with Gasteiger partial charge in [-0.1, -0.05) is 11.3 Å². The predicted molar refractivity (Wildman–Crippen MR) is 43.1 cm³/mol. The molecule has 0 bridgehead atoms. The van der Waals surface area contributed by atoms with Crippen LogP contribution in [0.25, 0.3) is 0 Å². The summed E-state index contributed by atoms with van der Waals surface area (Å²) >= 11 is 6.34. The molecule has 0 saturated carbocycles. The van der Waals surface area contributed by atoms with Gasteiger partial charge in [-0.05, 0) is 11.6 Å². The zero-order valence-electron chi connectivity index (χ0n) is 6.00. The molecule has 1 aromatic rings. The van der Waals surface area contributed by atoms with Crippen molar-refractivity contribution in [3.05, 3.63) is 9.47 Å². The lowest BCUT2D eigenvalue weighted by molar-refractivity contribution is -0.118. The molecule has 0 aliphatic carbocycles. The van der Waals surface area contributed by atoms with Crippen LogP contribution in [0.5, 0.6) is 0 Å². The first-order valence-corrected chi connectivity index (χ1v) is 4.10. The Labute approximate surface area is 76.8 Å². The summed E-state index contributed by atoms with van der Waals surface area (Å²) in [6, 6.07) is 0. The highest BCUT2D eigenvalue weighted by atomic mass is 35.5. The molecule has 0 aliphatic rings. The Hall–Kier alpha value is -1.01. The number of rotatable bonds is 1. The average molecular weight is 206 g/mol. The molecule has 12 heavy (non-hydrogen) atoms. The van der Waals surface area contributed by atoms with Gasteiger partial charge in [-0.3, -0.25) is 14.9 Å². The molecule has 0 spiro atoms. The number of carbonyl (C=O) groups excluding carboxylic acids is 2. The van der Waals surface area contributed by atoms with E-state index in [0.717, 1.165) is 11.3 Å². The third-order valence-corrected chi connectivity index (χ3v) is 1.90. The fraction of sp³-hybridized carbons (Fsp3) is 0.200. The van der Waals surface area contributed by atoms with Gasteiger partial charge in [0.1, 0.15) is 0 Å². The number of hydrogen-bond donors (Lipinski definition) is 1. The summed E-state index contributed by atoms with van der Waals surface area (Å²) in [6.07, 6.45) is 0. The molecule has 0 atom stereocenters. The van der Waals surface area contributed by atoms with Crippen LogP contribution in [0.15, 0.2) is 0 Å². The van der Waals surface area contributed by atoms with E-state index in [1.807, 2.05) is 5.32 Å². The Morgan fingerprint density at radius 3 is 2.58 bits per heavy atom. The summed E-state index contributed by atoms with van der Waals surface area (Å²) in [5, 5.41) is 8.97. The Kier molecular flexibility index (Phi) is 2.72. The van der Waals surface area contributed by atoms with E-state index in [1.54, 1.807) is 0 Å². The molecule has 1 rings (SSSR count). The van der Waals surface area contributed by atoms with E-state index < -0.39 is 11.8 Å². The van der Waals surface area contributed by atoms with E-state index in [1.165, 1.54) is 6.92 Å². The van der Waals surface area contributed by atoms with Crippen molar-refractivity contribution in [2.75, 3.05) is 0 Å². The molecule has 0 aliphatic heterocycles. The summed E-state index contributed by atoms with van der Waals surface area (Å²) in [6.45, 7) is 1.24. The van der Waals surface area contributed by atoms with Crippen LogP contribution in [-0.4, -0.2) is 22.0 Å². The number of halogens is 1. The zero-order valence-corrected chi connectivity index (χ0v) is 7.57. The summed E-state index contributed by atoms with van der Waals surface area (Å²) in [7, 11) is 0. The molecule has 5 nitrogen and oxygen atoms in total. The number of hydrogen-bond acceptors (Lipinski definition) is 5. The molecule has 1 N–H and O–H groups in total. The van der Waals surface area contributed by atoms with E-state index in [0.29, 0.717) is 0 Å². The monoisotopic (exact) mass is 205 g/mol. The van der Waals surface area contributed by atoms with Crippen molar-refractivity contribution < 1.29 is 9.59 Å². The highest BCUT2D eigenvalue weighted by Gasteiger charge is 2.12. The maximum Gasteiger partial charge on any atom is 0.288 e. The number of imide groups is 1. The van der Waals surface area contributed by atoms with Crippen LogP contribution in [0.1, 0.15) is 16.7 Å². The molecular formula is C5H4ClN3O2S. The van der Waals surface area contributed by atoms with Gasteiger partial charge in [-0.2, -0.15) is 0 Å². The highest BCUT2D eigenvalue weighted by molar-refractivity contribution is 7.17. The number of amides is 2. The van der Waals surface area contributed by atoms with Crippen molar-refractivity contribution in [3.63, 3.8) is 0 Å². The third kappa shape index (κ3) is 2.24. The highest BCUT2D eigenvalue weighted by Crippen LogP contribution is 2.14. The van der Waals surface area contributed by atoms with E-state index in [2.05, 4.69) is 10.2 Å². The average Bonchev–Trinajstić information content (AvgIpc) is 2.34. The maximum absolute atomic E-state index is 11.0. The molecule has 64 valence electrons. The molecule has 1 heterocycles. The molecule has 0 unspecified atom stereocenters. The van der Waals surface area contributed by atoms with E-state index in [4.69, 9.17) is 11.6 Å². The second-order valence-electron chi connectivity index (χ2n) is 1.87. The largest absolute Gasteiger partial charge is 0.290 e. The molecule has 7 heteroatoms. The molecule has 2 amide bonds. The van der Waals surface area contributed by atoms with Crippen LogP contribution in [0.3, 0.4) is 0 Å². The molecule has 0 aromatic carbocycles. The van der Waals surface area contributed by atoms with Crippen molar-refractivity contribution >= 4 is 34.8 Å². The van der Waals surface area contributed by atoms with Crippen LogP contribution in [0, 0.1) is 0 Å². The summed E-state index contributed by atoms with van der Waals surface area (Å²) in [4.78, 5) is 21.4. The van der Waals surface area contributed by atoms with Gasteiger partial charge in [0.15, 0.2) is 0 Å². The fourth-order valence-corrected chi connectivity index (χ4v) is 1.23. The molecule has 1 aromatic heterocycles. The minimum Gasteiger partial charge on any atom is -0.290 e. The normalized spacial score (nSPS) is 9.50. The van der Waals surface area contributed by atoms with Crippen LogP contribution in [0.2, 0.25) is 4.47 Å². The van der Waals surface area contributed by atoms with E-state index in [9.17, 15) is 9.59 Å². The first kappa shape index (κ1) is 9.08. The Morgan fingerprint density at radius 1 is 1.50 bits per heavy atom. The zero-order chi connectivity index (χ0) is 9.14. The topological polar surface area (TPSA) is 72.0 Å². The van der Waals surface area contributed by atoms with Gasteiger partial charge in [0.05, 0.1) is 0 Å². The van der Waals surface area contributed by atoms with Crippen molar-refractivity contribution in [1.82, 2.24) is 15.5 Å². The van der Waals surface area contributed by atoms with Gasteiger partial charge in [0, 0.05) is 6.92 Å². The van der Waals surface area contributed by atoms with Gasteiger partial charge in [0.25, 0.3) is 5.91 Å². The first-order chi connectivity index (χ1) is 5.59. The lowest BCUT2D eigenvalue weighted by Gasteiger charge is -1.93. The second kappa shape index (κ2) is 3.59. The van der Waals surface area contributed by atoms with Crippen molar-refractivity contribution in [2.24, 2.45) is 0 Å². The number of carbonyl (C=O) groups is 2. The smallest absolute Gasteiger partial charge is 0.288 e. The summed E-state index contributed by atoms with van der Waals surface area (Å²) < 4.78 is 0.170. The Morgan fingerprint density at radius 2 is 2.17 bits per heavy atom. The number of nitrogens with zero attached hydrogens (tertiary/aromatic N) is 2. The van der Waals surface area contributed by atoms with Crippen LogP contribution in [-0.2, 0) is 4.79 Å². The second-order valence-corrected chi connectivity index (χ2v) is 3.43. The minimum absolute atomic E-state index is 0.0789. The fourth-order valence-electron chi connectivity index (χ4n) is 0.510. The maximum atomic E-state index is 11.0. The van der Waals surface area contributed by atoms with Gasteiger partial charge in [0.2, 0.25) is 15.4 Å². The van der Waals surface area contributed by atoms with Gasteiger partial charge >= 0.3 is 0 Å². The third-order valence-electron chi connectivity index (χ3n) is 0.884. The van der Waals surface area contributed by atoms with Crippen molar-refractivity contribution in [3.8, 4) is 0 Å². The number of aromatic nitrogens is 2. The lowest BCUT2D eigenvalue weighted by Crippen LogP contribution is -2.27. The first-order valence-electron chi connectivity index (χ1n) is 2.90. The van der Waals surface area contributed by atoms with E-state index in [-0.39, 0.29) is 9.47 Å². The van der Waals surface area contributed by atoms with Crippen molar-refractivity contribution in [2.45, 2.75) is 6.92 Å². The minimum atomic E-state index is -0.577. The van der Waals surface area contributed by atoms with Crippen LogP contribution < -0.4 is 5.32 Å². The Bertz CT molecular complexity index is 324. The van der Waals surface area contributed by atoms with Gasteiger partial charge < -0.3 is 0 Å². The lowest BCUT2D eigenvalue weighted by atomic mass is 10.6. The predicted octanol–water partition coefficient (Wildman–Crippen LogP) is 0.468. The molecule has 0 fully saturated rings. The molecule has 0 radical (unpaired) electrons. The van der Waals surface area contributed by atoms with Crippen LogP contribution >= 0.6 is 22.9 Å². The SMILES string of the molecule is CC(=O)NC(=O)c1nnc(Cl)s1. The van der Waals surface area contributed by atoms with Crippen LogP contribution in [0.4, 0.5) is 0 Å². The van der Waals surface area contributed by atoms with E-state index >= 15 is 0 Å². The van der Waals surface area contributed by atoms with Gasteiger partial charge in [-0.25, -0.2) is 0 Å². The quantitative estimate of drug-likeness (QED) is 0.724. The number of nitrogens with one attached hydrogen (secondary N) is 1.